The van der Waals surface area contributed by atoms with E-state index in [4.69, 9.17) is 11.6 Å². The van der Waals surface area contributed by atoms with Gasteiger partial charge in [0.25, 0.3) is 0 Å². The molecule has 0 amide bonds. The predicted octanol–water partition coefficient (Wildman–Crippen LogP) is 5.97. The molecule has 2 aromatic carbocycles. The number of hydrogen-bond donors (Lipinski definition) is 0. The van der Waals surface area contributed by atoms with Gasteiger partial charge >= 0.3 is 6.18 Å². The SMILES string of the molecule is FC(CC(F)(F)F)c1ccc(-c2cccc(Cl)c2)cc1. The summed E-state index contributed by atoms with van der Waals surface area (Å²) in [6.45, 7) is 0. The van der Waals surface area contributed by atoms with Crippen molar-refractivity contribution >= 4 is 11.6 Å². The number of halogens is 5. The Kier molecular flexibility index (Phi) is 4.33. The van der Waals surface area contributed by atoms with Crippen molar-refractivity contribution in [2.24, 2.45) is 0 Å². The molecule has 20 heavy (non-hydrogen) atoms. The van der Waals surface area contributed by atoms with Gasteiger partial charge in [0.15, 0.2) is 0 Å². The Morgan fingerprint density at radius 1 is 0.950 bits per heavy atom. The van der Waals surface area contributed by atoms with Crippen molar-refractivity contribution in [2.45, 2.75) is 18.8 Å². The number of rotatable bonds is 3. The molecule has 0 aliphatic heterocycles. The largest absolute Gasteiger partial charge is 0.392 e. The van der Waals surface area contributed by atoms with Crippen LogP contribution in [0.15, 0.2) is 48.5 Å². The monoisotopic (exact) mass is 302 g/mol. The fourth-order valence-corrected chi connectivity index (χ4v) is 2.06. The van der Waals surface area contributed by atoms with E-state index in [1.165, 1.54) is 12.1 Å². The van der Waals surface area contributed by atoms with Crippen molar-refractivity contribution in [1.29, 1.82) is 0 Å². The summed E-state index contributed by atoms with van der Waals surface area (Å²) in [5.74, 6) is 0. The van der Waals surface area contributed by atoms with E-state index in [-0.39, 0.29) is 5.56 Å². The Morgan fingerprint density at radius 3 is 2.15 bits per heavy atom. The van der Waals surface area contributed by atoms with Gasteiger partial charge in [-0.2, -0.15) is 13.2 Å². The third kappa shape index (κ3) is 3.97. The molecular weight excluding hydrogens is 292 g/mol. The van der Waals surface area contributed by atoms with Crippen LogP contribution in [0.1, 0.15) is 18.2 Å². The van der Waals surface area contributed by atoms with Crippen LogP contribution in [0, 0.1) is 0 Å². The molecule has 0 bridgehead atoms. The lowest BCUT2D eigenvalue weighted by atomic mass is 10.0. The number of alkyl halides is 4. The van der Waals surface area contributed by atoms with E-state index in [1.54, 1.807) is 30.3 Å². The summed E-state index contributed by atoms with van der Waals surface area (Å²) in [6, 6.07) is 13.0. The summed E-state index contributed by atoms with van der Waals surface area (Å²) in [5.41, 5.74) is 1.62. The van der Waals surface area contributed by atoms with E-state index in [1.807, 2.05) is 6.07 Å². The molecule has 5 heteroatoms. The van der Waals surface area contributed by atoms with E-state index < -0.39 is 18.8 Å². The molecule has 1 atom stereocenters. The van der Waals surface area contributed by atoms with Crippen LogP contribution in [0.2, 0.25) is 5.02 Å². The second-order valence-corrected chi connectivity index (χ2v) is 4.86. The first-order chi connectivity index (χ1) is 9.35. The van der Waals surface area contributed by atoms with Crippen molar-refractivity contribution in [3.05, 3.63) is 59.1 Å². The zero-order valence-corrected chi connectivity index (χ0v) is 11.0. The first kappa shape index (κ1) is 14.9. The fourth-order valence-electron chi connectivity index (χ4n) is 1.87. The molecule has 2 rings (SSSR count). The lowest BCUT2D eigenvalue weighted by Crippen LogP contribution is -2.11. The van der Waals surface area contributed by atoms with Crippen molar-refractivity contribution in [1.82, 2.24) is 0 Å². The maximum Gasteiger partial charge on any atom is 0.392 e. The molecular formula is C15H11ClF4. The third-order valence-electron chi connectivity index (χ3n) is 2.84. The lowest BCUT2D eigenvalue weighted by Gasteiger charge is -2.12. The average Bonchev–Trinajstić information content (AvgIpc) is 2.37. The molecule has 0 heterocycles. The number of benzene rings is 2. The Balaban J connectivity index is 2.18. The van der Waals surface area contributed by atoms with Crippen LogP contribution in [0.5, 0.6) is 0 Å². The summed E-state index contributed by atoms with van der Waals surface area (Å²) < 4.78 is 49.9. The van der Waals surface area contributed by atoms with Crippen molar-refractivity contribution < 1.29 is 17.6 Å². The Labute approximate surface area is 119 Å². The predicted molar refractivity (Wildman–Crippen MR) is 71.4 cm³/mol. The molecule has 2 aromatic rings. The van der Waals surface area contributed by atoms with Gasteiger partial charge in [-0.05, 0) is 28.8 Å². The molecule has 0 spiro atoms. The molecule has 0 nitrogen and oxygen atoms in total. The van der Waals surface area contributed by atoms with E-state index in [2.05, 4.69) is 0 Å². The van der Waals surface area contributed by atoms with Crippen molar-refractivity contribution in [2.75, 3.05) is 0 Å². The van der Waals surface area contributed by atoms with Crippen LogP contribution in [0.3, 0.4) is 0 Å². The van der Waals surface area contributed by atoms with E-state index in [9.17, 15) is 17.6 Å². The zero-order valence-electron chi connectivity index (χ0n) is 10.3. The van der Waals surface area contributed by atoms with E-state index in [0.717, 1.165) is 11.1 Å². The highest BCUT2D eigenvalue weighted by Gasteiger charge is 2.32. The average molecular weight is 303 g/mol. The van der Waals surface area contributed by atoms with Crippen LogP contribution < -0.4 is 0 Å². The molecule has 0 radical (unpaired) electrons. The maximum absolute atomic E-state index is 13.5. The van der Waals surface area contributed by atoms with Crippen molar-refractivity contribution in [3.63, 3.8) is 0 Å². The van der Waals surface area contributed by atoms with Crippen LogP contribution in [-0.4, -0.2) is 6.18 Å². The first-order valence-electron chi connectivity index (χ1n) is 5.92. The Hall–Kier alpha value is -1.55. The van der Waals surface area contributed by atoms with Crippen molar-refractivity contribution in [3.8, 4) is 11.1 Å². The second-order valence-electron chi connectivity index (χ2n) is 4.42. The van der Waals surface area contributed by atoms with Gasteiger partial charge in [0, 0.05) is 5.02 Å². The third-order valence-corrected chi connectivity index (χ3v) is 3.08. The standard InChI is InChI=1S/C15H11ClF4/c16-13-3-1-2-12(8-13)10-4-6-11(7-5-10)14(17)9-15(18,19)20/h1-8,14H,9H2. The topological polar surface area (TPSA) is 0 Å². The highest BCUT2D eigenvalue weighted by atomic mass is 35.5. The zero-order chi connectivity index (χ0) is 14.8. The lowest BCUT2D eigenvalue weighted by molar-refractivity contribution is -0.146. The minimum atomic E-state index is -4.51. The van der Waals surface area contributed by atoms with Gasteiger partial charge in [0.2, 0.25) is 0 Å². The van der Waals surface area contributed by atoms with Gasteiger partial charge in [-0.3, -0.25) is 0 Å². The summed E-state index contributed by atoms with van der Waals surface area (Å²) in [6.07, 6.45) is -8.02. The minimum absolute atomic E-state index is 0.0214. The first-order valence-corrected chi connectivity index (χ1v) is 6.30. The molecule has 0 saturated heterocycles. The van der Waals surface area contributed by atoms with E-state index >= 15 is 0 Å². The highest BCUT2D eigenvalue weighted by Crippen LogP contribution is 2.33. The summed E-state index contributed by atoms with van der Waals surface area (Å²) in [7, 11) is 0. The second kappa shape index (κ2) is 5.83. The quantitative estimate of drug-likeness (QED) is 0.613. The summed E-state index contributed by atoms with van der Waals surface area (Å²) in [4.78, 5) is 0. The smallest absolute Gasteiger partial charge is 0.242 e. The normalized spacial score (nSPS) is 13.2. The van der Waals surface area contributed by atoms with Gasteiger partial charge in [0.05, 0.1) is 6.42 Å². The fraction of sp³-hybridized carbons (Fsp3) is 0.200. The van der Waals surface area contributed by atoms with Gasteiger partial charge < -0.3 is 0 Å². The summed E-state index contributed by atoms with van der Waals surface area (Å²) in [5, 5.41) is 0.562. The summed E-state index contributed by atoms with van der Waals surface area (Å²) >= 11 is 5.86. The Bertz CT molecular complexity index is 575. The molecule has 0 aliphatic carbocycles. The highest BCUT2D eigenvalue weighted by molar-refractivity contribution is 6.30. The molecule has 0 aliphatic rings. The van der Waals surface area contributed by atoms with Crippen LogP contribution >= 0.6 is 11.6 Å². The molecule has 106 valence electrons. The molecule has 0 aromatic heterocycles. The molecule has 1 unspecified atom stereocenters. The van der Waals surface area contributed by atoms with Gasteiger partial charge in [-0.25, -0.2) is 4.39 Å². The van der Waals surface area contributed by atoms with Crippen LogP contribution in [0.25, 0.3) is 11.1 Å². The van der Waals surface area contributed by atoms with Gasteiger partial charge in [-0.15, -0.1) is 0 Å². The van der Waals surface area contributed by atoms with Crippen LogP contribution in [0.4, 0.5) is 17.6 Å². The molecule has 0 N–H and O–H groups in total. The Morgan fingerprint density at radius 2 is 1.60 bits per heavy atom. The number of hydrogen-bond acceptors (Lipinski definition) is 0. The van der Waals surface area contributed by atoms with E-state index in [0.29, 0.717) is 5.02 Å². The molecule has 0 saturated carbocycles. The minimum Gasteiger partial charge on any atom is -0.242 e. The molecule has 0 fully saturated rings. The maximum atomic E-state index is 13.5. The van der Waals surface area contributed by atoms with Gasteiger partial charge in [-0.1, -0.05) is 48.0 Å². The van der Waals surface area contributed by atoms with Gasteiger partial charge in [0.1, 0.15) is 6.17 Å². The van der Waals surface area contributed by atoms with Crippen LogP contribution in [-0.2, 0) is 0 Å².